The Hall–Kier alpha value is -2.53. The summed E-state index contributed by atoms with van der Waals surface area (Å²) in [7, 11) is 1.63. The quantitative estimate of drug-likeness (QED) is 0.765. The van der Waals surface area contributed by atoms with E-state index in [-0.39, 0.29) is 18.2 Å². The fourth-order valence-electron chi connectivity index (χ4n) is 2.58. The highest BCUT2D eigenvalue weighted by molar-refractivity contribution is 6.30. The second kappa shape index (κ2) is 9.82. The lowest BCUT2D eigenvalue weighted by Gasteiger charge is -2.21. The molecule has 2 amide bonds. The van der Waals surface area contributed by atoms with Crippen LogP contribution >= 0.6 is 11.6 Å². The normalized spacial score (nSPS) is 10.3. The van der Waals surface area contributed by atoms with E-state index in [0.29, 0.717) is 30.2 Å². The molecule has 0 saturated heterocycles. The van der Waals surface area contributed by atoms with Gasteiger partial charge in [0, 0.05) is 37.1 Å². The summed E-state index contributed by atoms with van der Waals surface area (Å²) in [6, 6.07) is 14.6. The maximum absolute atomic E-state index is 12.1. The summed E-state index contributed by atoms with van der Waals surface area (Å²) in [6.45, 7) is 2.41. The summed E-state index contributed by atoms with van der Waals surface area (Å²) in [5.41, 5.74) is 1.72. The summed E-state index contributed by atoms with van der Waals surface area (Å²) < 4.78 is 5.33. The summed E-state index contributed by atoms with van der Waals surface area (Å²) in [4.78, 5) is 25.6. The van der Waals surface area contributed by atoms with E-state index in [9.17, 15) is 9.59 Å². The van der Waals surface area contributed by atoms with Crippen LogP contribution in [0.15, 0.2) is 48.5 Å². The number of carbonyl (C=O) groups excluding carboxylic acids is 2. The first kappa shape index (κ1) is 19.8. The molecule has 0 spiro atoms. The van der Waals surface area contributed by atoms with E-state index in [1.54, 1.807) is 36.3 Å². The van der Waals surface area contributed by atoms with Crippen molar-refractivity contribution < 1.29 is 14.3 Å². The van der Waals surface area contributed by atoms with E-state index in [1.165, 1.54) is 6.92 Å². The third-order valence-corrected chi connectivity index (χ3v) is 4.28. The number of ether oxygens (including phenoxy) is 1. The molecule has 0 unspecified atom stereocenters. The first-order chi connectivity index (χ1) is 12.5. The van der Waals surface area contributed by atoms with Crippen LogP contribution in [0.25, 0.3) is 0 Å². The molecule has 5 nitrogen and oxygen atoms in total. The van der Waals surface area contributed by atoms with Crippen molar-refractivity contribution in [3.05, 3.63) is 59.1 Å². The highest BCUT2D eigenvalue weighted by Gasteiger charge is 2.13. The average molecular weight is 375 g/mol. The minimum atomic E-state index is -0.143. The van der Waals surface area contributed by atoms with Crippen LogP contribution in [0.4, 0.5) is 5.69 Å². The molecule has 2 aromatic carbocycles. The zero-order valence-electron chi connectivity index (χ0n) is 15.0. The lowest BCUT2D eigenvalue weighted by Crippen LogP contribution is -2.33. The first-order valence-corrected chi connectivity index (χ1v) is 8.80. The second-order valence-corrected chi connectivity index (χ2v) is 6.31. The molecule has 0 radical (unpaired) electrons. The molecule has 0 saturated carbocycles. The number of rotatable bonds is 8. The van der Waals surface area contributed by atoms with Crippen molar-refractivity contribution >= 4 is 29.1 Å². The van der Waals surface area contributed by atoms with Crippen LogP contribution in [0.2, 0.25) is 5.02 Å². The predicted octanol–water partition coefficient (Wildman–Crippen LogP) is 3.77. The minimum absolute atomic E-state index is 0.0563. The summed E-state index contributed by atoms with van der Waals surface area (Å²) in [5.74, 6) is 0.603. The Morgan fingerprint density at radius 3 is 2.42 bits per heavy atom. The van der Waals surface area contributed by atoms with Crippen molar-refractivity contribution in [2.75, 3.05) is 25.5 Å². The number of benzene rings is 2. The maximum Gasteiger partial charge on any atom is 0.226 e. The van der Waals surface area contributed by atoms with Crippen LogP contribution in [0.1, 0.15) is 18.9 Å². The SMILES string of the molecule is COc1ccccc1CCN(CCC(=O)Nc1ccc(Cl)cc1)C(C)=O. The fourth-order valence-corrected chi connectivity index (χ4v) is 2.71. The van der Waals surface area contributed by atoms with E-state index in [2.05, 4.69) is 5.32 Å². The molecule has 1 N–H and O–H groups in total. The molecule has 26 heavy (non-hydrogen) atoms. The van der Waals surface area contributed by atoms with Gasteiger partial charge in [-0.2, -0.15) is 0 Å². The third-order valence-electron chi connectivity index (χ3n) is 4.03. The number of hydrogen-bond acceptors (Lipinski definition) is 3. The smallest absolute Gasteiger partial charge is 0.226 e. The van der Waals surface area contributed by atoms with Crippen molar-refractivity contribution in [2.45, 2.75) is 19.8 Å². The van der Waals surface area contributed by atoms with Crippen LogP contribution in [-0.2, 0) is 16.0 Å². The number of amides is 2. The minimum Gasteiger partial charge on any atom is -0.496 e. The number of methoxy groups -OCH3 is 1. The molecule has 2 rings (SSSR count). The molecule has 0 bridgehead atoms. The van der Waals surface area contributed by atoms with Crippen LogP contribution in [0.3, 0.4) is 0 Å². The molecule has 0 heterocycles. The number of halogens is 1. The summed E-state index contributed by atoms with van der Waals surface area (Å²) in [5, 5.41) is 3.41. The number of nitrogens with one attached hydrogen (secondary N) is 1. The zero-order chi connectivity index (χ0) is 18.9. The van der Waals surface area contributed by atoms with Gasteiger partial charge in [0.1, 0.15) is 5.75 Å². The highest BCUT2D eigenvalue weighted by atomic mass is 35.5. The number of para-hydroxylation sites is 1. The van der Waals surface area contributed by atoms with Crippen molar-refractivity contribution in [2.24, 2.45) is 0 Å². The Morgan fingerprint density at radius 1 is 1.08 bits per heavy atom. The molecular weight excluding hydrogens is 352 g/mol. The Bertz CT molecular complexity index is 747. The standard InChI is InChI=1S/C20H23ClN2O3/c1-15(24)23(13-11-16-5-3-4-6-19(16)26-2)14-12-20(25)22-18-9-7-17(21)8-10-18/h3-10H,11-14H2,1-2H3,(H,22,25). The topological polar surface area (TPSA) is 58.6 Å². The molecule has 0 aliphatic carbocycles. The molecular formula is C20H23ClN2O3. The van der Waals surface area contributed by atoms with Crippen LogP contribution < -0.4 is 10.1 Å². The Balaban J connectivity index is 1.86. The number of carbonyl (C=O) groups is 2. The first-order valence-electron chi connectivity index (χ1n) is 8.42. The van der Waals surface area contributed by atoms with Gasteiger partial charge in [0.15, 0.2) is 0 Å². The van der Waals surface area contributed by atoms with Crippen molar-refractivity contribution in [3.63, 3.8) is 0 Å². The maximum atomic E-state index is 12.1. The van der Waals surface area contributed by atoms with Gasteiger partial charge in [-0.25, -0.2) is 0 Å². The van der Waals surface area contributed by atoms with E-state index in [1.807, 2.05) is 24.3 Å². The third kappa shape index (κ3) is 6.08. The van der Waals surface area contributed by atoms with Gasteiger partial charge in [0.25, 0.3) is 0 Å². The largest absolute Gasteiger partial charge is 0.496 e. The van der Waals surface area contributed by atoms with Crippen molar-refractivity contribution in [1.29, 1.82) is 0 Å². The van der Waals surface area contributed by atoms with Gasteiger partial charge in [0.2, 0.25) is 11.8 Å². The lowest BCUT2D eigenvalue weighted by atomic mass is 10.1. The van der Waals surface area contributed by atoms with E-state index in [4.69, 9.17) is 16.3 Å². The van der Waals surface area contributed by atoms with Crippen LogP contribution in [0, 0.1) is 0 Å². The molecule has 2 aromatic rings. The van der Waals surface area contributed by atoms with Gasteiger partial charge in [0.05, 0.1) is 7.11 Å². The monoisotopic (exact) mass is 374 g/mol. The van der Waals surface area contributed by atoms with Gasteiger partial charge >= 0.3 is 0 Å². The molecule has 0 aliphatic rings. The Kier molecular flexibility index (Phi) is 7.48. The van der Waals surface area contributed by atoms with Crippen molar-refractivity contribution in [3.8, 4) is 5.75 Å². The Morgan fingerprint density at radius 2 is 1.77 bits per heavy atom. The van der Waals surface area contributed by atoms with Crippen molar-refractivity contribution in [1.82, 2.24) is 4.90 Å². The summed E-state index contributed by atoms with van der Waals surface area (Å²) in [6.07, 6.45) is 0.899. The van der Waals surface area contributed by atoms with Crippen LogP contribution in [0.5, 0.6) is 5.75 Å². The number of hydrogen-bond donors (Lipinski definition) is 1. The van der Waals surface area contributed by atoms with Gasteiger partial charge < -0.3 is 15.0 Å². The molecule has 138 valence electrons. The highest BCUT2D eigenvalue weighted by Crippen LogP contribution is 2.18. The molecule has 0 aromatic heterocycles. The second-order valence-electron chi connectivity index (χ2n) is 5.87. The van der Waals surface area contributed by atoms with Gasteiger partial charge in [-0.15, -0.1) is 0 Å². The number of nitrogens with zero attached hydrogens (tertiary/aromatic N) is 1. The van der Waals surface area contributed by atoms with E-state index < -0.39 is 0 Å². The van der Waals surface area contributed by atoms with E-state index >= 15 is 0 Å². The summed E-state index contributed by atoms with van der Waals surface area (Å²) >= 11 is 5.83. The van der Waals surface area contributed by atoms with Gasteiger partial charge in [-0.3, -0.25) is 9.59 Å². The molecule has 0 fully saturated rings. The van der Waals surface area contributed by atoms with Crippen LogP contribution in [-0.4, -0.2) is 36.9 Å². The van der Waals surface area contributed by atoms with Gasteiger partial charge in [-0.1, -0.05) is 29.8 Å². The zero-order valence-corrected chi connectivity index (χ0v) is 15.8. The van der Waals surface area contributed by atoms with Gasteiger partial charge in [-0.05, 0) is 42.3 Å². The molecule has 0 aliphatic heterocycles. The molecule has 0 atom stereocenters. The van der Waals surface area contributed by atoms with E-state index in [0.717, 1.165) is 11.3 Å². The number of anilines is 1. The molecule has 6 heteroatoms. The fraction of sp³-hybridized carbons (Fsp3) is 0.300. The lowest BCUT2D eigenvalue weighted by molar-refractivity contribution is -0.129. The predicted molar refractivity (Wildman–Crippen MR) is 104 cm³/mol. The Labute approximate surface area is 158 Å². The average Bonchev–Trinajstić information content (AvgIpc) is 2.63.